The number of hydrogen-bond donors (Lipinski definition) is 4. The number of fused-ring (bicyclic) bond motifs is 1. The van der Waals surface area contributed by atoms with Crippen molar-refractivity contribution in [2.24, 2.45) is 0 Å². The number of hydrogen-bond acceptors (Lipinski definition) is 6. The molecule has 0 aliphatic carbocycles. The highest BCUT2D eigenvalue weighted by atomic mass is 16.5. The highest BCUT2D eigenvalue weighted by Gasteiger charge is 2.75. The van der Waals surface area contributed by atoms with Crippen molar-refractivity contribution in [3.63, 3.8) is 0 Å². The van der Waals surface area contributed by atoms with Crippen molar-refractivity contribution in [2.45, 2.75) is 25.2 Å². The van der Waals surface area contributed by atoms with Crippen LogP contribution in [0.25, 0.3) is 0 Å². The summed E-state index contributed by atoms with van der Waals surface area (Å²) < 4.78 is 9.65. The molecule has 0 aromatic carbocycles. The third-order valence-electron chi connectivity index (χ3n) is 2.93. The van der Waals surface area contributed by atoms with Gasteiger partial charge in [-0.3, -0.25) is 0 Å². The van der Waals surface area contributed by atoms with E-state index in [1.807, 2.05) is 0 Å². The molecule has 2 rings (SSSR count). The summed E-state index contributed by atoms with van der Waals surface area (Å²) in [5, 5.41) is 8.82. The summed E-state index contributed by atoms with van der Waals surface area (Å²) in [6, 6.07) is -1.64. The first-order valence-electron chi connectivity index (χ1n) is 5.97. The molecule has 2 fully saturated rings. The van der Waals surface area contributed by atoms with Crippen LogP contribution in [0.3, 0.4) is 0 Å². The lowest BCUT2D eigenvalue weighted by molar-refractivity contribution is -0.165. The lowest BCUT2D eigenvalue weighted by atomic mass is 9.96. The van der Waals surface area contributed by atoms with Crippen LogP contribution < -0.4 is 21.3 Å². The standard InChI is InChI=1S/C10H14N4O6/c1-3-19-5(15)9-10(6(16)20-4-2,13-7(17)11-9)14-8(18)12-9/h3-4H2,1-2H3,(H2,11,13,17)(H2,12,14,18)/t9-,10+. The summed E-state index contributed by atoms with van der Waals surface area (Å²) in [6.07, 6.45) is 0. The molecule has 0 spiro atoms. The molecule has 2 aliphatic heterocycles. The SMILES string of the molecule is CCOC(=O)[C@]12NC(=O)N[C@@]1(C(=O)OCC)NC(=O)N2. The third-order valence-corrected chi connectivity index (χ3v) is 2.93. The van der Waals surface area contributed by atoms with Crippen molar-refractivity contribution in [3.05, 3.63) is 0 Å². The summed E-state index contributed by atoms with van der Waals surface area (Å²) >= 11 is 0. The van der Waals surface area contributed by atoms with E-state index in [0.717, 1.165) is 0 Å². The molecule has 20 heavy (non-hydrogen) atoms. The van der Waals surface area contributed by atoms with Crippen molar-refractivity contribution in [1.29, 1.82) is 0 Å². The first-order valence-corrected chi connectivity index (χ1v) is 5.97. The molecule has 0 saturated carbocycles. The molecule has 2 heterocycles. The molecule has 0 unspecified atom stereocenters. The van der Waals surface area contributed by atoms with Crippen LogP contribution in [0.2, 0.25) is 0 Å². The number of carbonyl (C=O) groups is 4. The van der Waals surface area contributed by atoms with E-state index in [1.165, 1.54) is 0 Å². The Hall–Kier alpha value is -2.52. The molecule has 0 atom stereocenters. The van der Waals surface area contributed by atoms with Gasteiger partial charge in [0.15, 0.2) is 0 Å². The van der Waals surface area contributed by atoms with E-state index in [1.54, 1.807) is 13.8 Å². The van der Waals surface area contributed by atoms with E-state index in [4.69, 9.17) is 9.47 Å². The summed E-state index contributed by atoms with van der Waals surface area (Å²) in [5.41, 5.74) is -4.16. The average Bonchev–Trinajstić information content (AvgIpc) is 2.78. The number of carbonyl (C=O) groups excluding carboxylic acids is 4. The molecule has 10 heteroatoms. The molecule has 0 bridgehead atoms. The van der Waals surface area contributed by atoms with Gasteiger partial charge in [0, 0.05) is 0 Å². The Morgan fingerprint density at radius 3 is 1.40 bits per heavy atom. The predicted molar refractivity (Wildman–Crippen MR) is 62.1 cm³/mol. The normalized spacial score (nSPS) is 30.5. The maximum atomic E-state index is 12.1. The van der Waals surface area contributed by atoms with Gasteiger partial charge >= 0.3 is 24.0 Å². The van der Waals surface area contributed by atoms with Crippen LogP contribution in [0.4, 0.5) is 9.59 Å². The van der Waals surface area contributed by atoms with E-state index in [0.29, 0.717) is 0 Å². The molecule has 0 aromatic heterocycles. The fourth-order valence-corrected chi connectivity index (χ4v) is 2.17. The van der Waals surface area contributed by atoms with Crippen LogP contribution in [-0.2, 0) is 19.1 Å². The van der Waals surface area contributed by atoms with Crippen molar-refractivity contribution < 1.29 is 28.7 Å². The van der Waals surface area contributed by atoms with Crippen molar-refractivity contribution in [2.75, 3.05) is 13.2 Å². The number of esters is 2. The quantitative estimate of drug-likeness (QED) is 0.447. The molecule has 2 saturated heterocycles. The van der Waals surface area contributed by atoms with Crippen LogP contribution in [0.5, 0.6) is 0 Å². The second-order valence-corrected chi connectivity index (χ2v) is 4.10. The maximum Gasteiger partial charge on any atom is 0.358 e. The highest BCUT2D eigenvalue weighted by Crippen LogP contribution is 2.30. The van der Waals surface area contributed by atoms with E-state index < -0.39 is 35.3 Å². The lowest BCUT2D eigenvalue weighted by Crippen LogP contribution is -2.74. The van der Waals surface area contributed by atoms with Crippen LogP contribution in [0.15, 0.2) is 0 Å². The Morgan fingerprint density at radius 1 is 0.850 bits per heavy atom. The van der Waals surface area contributed by atoms with Crippen LogP contribution >= 0.6 is 0 Å². The maximum absolute atomic E-state index is 12.1. The number of urea groups is 2. The van der Waals surface area contributed by atoms with Crippen LogP contribution in [0.1, 0.15) is 13.8 Å². The van der Waals surface area contributed by atoms with E-state index in [2.05, 4.69) is 21.3 Å². The molecule has 0 radical (unpaired) electrons. The van der Waals surface area contributed by atoms with Gasteiger partial charge in [0.1, 0.15) is 0 Å². The zero-order valence-corrected chi connectivity index (χ0v) is 10.9. The Balaban J connectivity index is 2.48. The molecule has 10 nitrogen and oxygen atoms in total. The second kappa shape index (κ2) is 4.54. The van der Waals surface area contributed by atoms with Gasteiger partial charge in [-0.1, -0.05) is 0 Å². The molecular weight excluding hydrogens is 272 g/mol. The summed E-state index contributed by atoms with van der Waals surface area (Å²) in [4.78, 5) is 47.4. The minimum Gasteiger partial charge on any atom is -0.463 e. The molecule has 4 N–H and O–H groups in total. The summed E-state index contributed by atoms with van der Waals surface area (Å²) in [6.45, 7) is 3.11. The average molecular weight is 286 g/mol. The van der Waals surface area contributed by atoms with Gasteiger partial charge < -0.3 is 30.7 Å². The van der Waals surface area contributed by atoms with Gasteiger partial charge in [-0.15, -0.1) is 0 Å². The largest absolute Gasteiger partial charge is 0.463 e. The molecule has 2 aliphatic rings. The highest BCUT2D eigenvalue weighted by molar-refractivity contribution is 6.09. The summed E-state index contributed by atoms with van der Waals surface area (Å²) in [5.74, 6) is -1.96. The predicted octanol–water partition coefficient (Wildman–Crippen LogP) is -1.87. The number of ether oxygens (including phenoxy) is 2. The Labute approximate surface area is 113 Å². The minimum absolute atomic E-state index is 0.00519. The van der Waals surface area contributed by atoms with E-state index in [-0.39, 0.29) is 13.2 Å². The molecule has 4 amide bonds. The fourth-order valence-electron chi connectivity index (χ4n) is 2.17. The number of rotatable bonds is 4. The van der Waals surface area contributed by atoms with Gasteiger partial charge in [-0.25, -0.2) is 19.2 Å². The van der Waals surface area contributed by atoms with Gasteiger partial charge in [-0.05, 0) is 13.8 Å². The Morgan fingerprint density at radius 2 is 1.15 bits per heavy atom. The summed E-state index contributed by atoms with van der Waals surface area (Å²) in [7, 11) is 0. The smallest absolute Gasteiger partial charge is 0.358 e. The number of nitrogens with one attached hydrogen (secondary N) is 4. The van der Waals surface area contributed by atoms with E-state index in [9.17, 15) is 19.2 Å². The lowest BCUT2D eigenvalue weighted by Gasteiger charge is -2.31. The Bertz CT molecular complexity index is 430. The van der Waals surface area contributed by atoms with Crippen LogP contribution in [0, 0.1) is 0 Å². The van der Waals surface area contributed by atoms with Gasteiger partial charge in [0.05, 0.1) is 13.2 Å². The van der Waals surface area contributed by atoms with Gasteiger partial charge in [0.25, 0.3) is 11.3 Å². The fraction of sp³-hybridized carbons (Fsp3) is 0.600. The number of amides is 4. The van der Waals surface area contributed by atoms with Crippen molar-refractivity contribution in [3.8, 4) is 0 Å². The topological polar surface area (TPSA) is 135 Å². The van der Waals surface area contributed by atoms with Gasteiger partial charge in [0.2, 0.25) is 0 Å². The van der Waals surface area contributed by atoms with Crippen molar-refractivity contribution in [1.82, 2.24) is 21.3 Å². The zero-order chi connectivity index (χ0) is 15.0. The Kier molecular flexibility index (Phi) is 3.16. The van der Waals surface area contributed by atoms with Crippen LogP contribution in [-0.4, -0.2) is 48.5 Å². The molecular formula is C10H14N4O6. The first kappa shape index (κ1) is 13.9. The monoisotopic (exact) mass is 286 g/mol. The second-order valence-electron chi connectivity index (χ2n) is 4.10. The molecule has 0 aromatic rings. The zero-order valence-electron chi connectivity index (χ0n) is 10.9. The van der Waals surface area contributed by atoms with E-state index >= 15 is 0 Å². The van der Waals surface area contributed by atoms with Gasteiger partial charge in [-0.2, -0.15) is 0 Å². The first-order chi connectivity index (χ1) is 9.41. The minimum atomic E-state index is -2.08. The molecule has 110 valence electrons. The van der Waals surface area contributed by atoms with Crippen molar-refractivity contribution >= 4 is 24.0 Å². The third kappa shape index (κ3) is 1.64.